The number of ether oxygens (including phenoxy) is 3. The molecule has 518 valence electrons. The number of rotatable bonds is 11. The zero-order valence-corrected chi connectivity index (χ0v) is 56.4. The molecular formula is C71H100N10O14. The summed E-state index contributed by atoms with van der Waals surface area (Å²) in [7, 11) is 1.54. The highest BCUT2D eigenvalue weighted by Crippen LogP contribution is 2.49. The summed E-state index contributed by atoms with van der Waals surface area (Å²) in [5.74, 6) is -3.31. The van der Waals surface area contributed by atoms with Crippen molar-refractivity contribution in [2.24, 2.45) is 11.8 Å². The van der Waals surface area contributed by atoms with Gasteiger partial charge in [0.25, 0.3) is 0 Å². The van der Waals surface area contributed by atoms with Crippen LogP contribution in [0.25, 0.3) is 0 Å². The van der Waals surface area contributed by atoms with E-state index in [4.69, 9.17) is 14.2 Å². The summed E-state index contributed by atoms with van der Waals surface area (Å²) in [5, 5.41) is 28.1. The number of fused-ring (bicyclic) bond motifs is 4. The minimum atomic E-state index is -1.24. The zero-order chi connectivity index (χ0) is 68.2. The van der Waals surface area contributed by atoms with Crippen LogP contribution < -0.4 is 31.9 Å². The molecule has 2 aromatic carbocycles. The van der Waals surface area contributed by atoms with E-state index in [0.717, 1.165) is 49.7 Å². The number of alkyl carbamates (subject to hydrolysis) is 2. The van der Waals surface area contributed by atoms with E-state index in [0.29, 0.717) is 90.4 Å². The van der Waals surface area contributed by atoms with Gasteiger partial charge >= 0.3 is 12.2 Å². The van der Waals surface area contributed by atoms with Gasteiger partial charge in [-0.3, -0.25) is 38.4 Å². The predicted molar refractivity (Wildman–Crippen MR) is 352 cm³/mol. The number of nitrogens with one attached hydrogen (secondary N) is 6. The predicted octanol–water partition coefficient (Wildman–Crippen LogP) is 5.74. The first-order valence-electron chi connectivity index (χ1n) is 34.3. The molecule has 2 saturated carbocycles. The van der Waals surface area contributed by atoms with Gasteiger partial charge in [0.15, 0.2) is 0 Å². The fourth-order valence-electron chi connectivity index (χ4n) is 14.1. The molecule has 2 aliphatic carbocycles. The van der Waals surface area contributed by atoms with Crippen LogP contribution in [0.3, 0.4) is 0 Å². The van der Waals surface area contributed by atoms with Gasteiger partial charge < -0.3 is 70.8 Å². The SMILES string of the molecule is CC(C)(C)OC(=O)N[C@H]1CCCCC/C=C\[C@@H]2C[C@@]2(C(=O)N2CCC[C@@H]2C(=O)NCc2ccccc2)NC(=O)[C@@H]2C[C@@H](O)CN2C1=O.CO[C@@H]1C[C@H]2C(=O)N[C@]3(C(=O)N4CCC[C@@H]4C(=O)NCc4ccccc4)C[C@H]3/C=C\CCCCC[C@H](NC(=O)OC(C)(C)C)C(=O)N2C1. The molecule has 0 bridgehead atoms. The van der Waals surface area contributed by atoms with Crippen LogP contribution in [0.15, 0.2) is 85.0 Å². The monoisotopic (exact) mass is 1320 g/mol. The second kappa shape index (κ2) is 31.3. The molecule has 24 nitrogen and oxygen atoms in total. The molecule has 95 heavy (non-hydrogen) atoms. The maximum absolute atomic E-state index is 14.4. The molecule has 4 saturated heterocycles. The molecule has 10 amide bonds. The lowest BCUT2D eigenvalue weighted by Gasteiger charge is -2.32. The molecular weight excluding hydrogens is 1220 g/mol. The van der Waals surface area contributed by atoms with E-state index in [1.807, 2.05) is 78.9 Å². The smallest absolute Gasteiger partial charge is 0.408 e. The molecule has 12 atom stereocenters. The van der Waals surface area contributed by atoms with Gasteiger partial charge in [-0.05, 0) is 130 Å². The van der Waals surface area contributed by atoms with Crippen LogP contribution in [0.5, 0.6) is 0 Å². The van der Waals surface area contributed by atoms with Crippen LogP contribution in [-0.4, -0.2) is 188 Å². The highest BCUT2D eigenvalue weighted by molar-refractivity contribution is 6.02. The Morgan fingerprint density at radius 3 is 1.40 bits per heavy atom. The van der Waals surface area contributed by atoms with E-state index in [1.165, 1.54) is 9.80 Å². The van der Waals surface area contributed by atoms with Gasteiger partial charge in [0.1, 0.15) is 58.5 Å². The summed E-state index contributed by atoms with van der Waals surface area (Å²) in [6, 6.07) is 14.2. The summed E-state index contributed by atoms with van der Waals surface area (Å²) < 4.78 is 16.5. The van der Waals surface area contributed by atoms with Crippen molar-refractivity contribution in [3.05, 3.63) is 96.1 Å². The van der Waals surface area contributed by atoms with Gasteiger partial charge in [-0.25, -0.2) is 9.59 Å². The van der Waals surface area contributed by atoms with Crippen LogP contribution in [0.4, 0.5) is 9.59 Å². The van der Waals surface area contributed by atoms with E-state index >= 15 is 0 Å². The molecule has 0 spiro atoms. The van der Waals surface area contributed by atoms with E-state index in [1.54, 1.807) is 58.5 Å². The molecule has 0 aromatic heterocycles. The number of carbonyl (C=O) groups is 10. The molecule has 24 heteroatoms. The third-order valence-corrected chi connectivity index (χ3v) is 19.2. The van der Waals surface area contributed by atoms with Crippen LogP contribution in [0, 0.1) is 11.8 Å². The number of carbonyl (C=O) groups excluding carboxylic acids is 10. The largest absolute Gasteiger partial charge is 0.444 e. The highest BCUT2D eigenvalue weighted by Gasteiger charge is 2.65. The van der Waals surface area contributed by atoms with Crippen molar-refractivity contribution < 1.29 is 67.3 Å². The highest BCUT2D eigenvalue weighted by atomic mass is 16.6. The Morgan fingerprint density at radius 1 is 0.558 bits per heavy atom. The molecule has 6 fully saturated rings. The normalized spacial score (nSPS) is 30.4. The first-order valence-corrected chi connectivity index (χ1v) is 34.3. The van der Waals surface area contributed by atoms with Crippen molar-refractivity contribution in [3.63, 3.8) is 0 Å². The van der Waals surface area contributed by atoms with Gasteiger partial charge in [0.2, 0.25) is 47.3 Å². The number of likely N-dealkylation sites (tertiary alicyclic amines) is 2. The molecule has 6 heterocycles. The molecule has 7 N–H and O–H groups in total. The number of aliphatic hydroxyl groups excluding tert-OH is 1. The summed E-state index contributed by atoms with van der Waals surface area (Å²) in [5.41, 5.74) is -2.02. The van der Waals surface area contributed by atoms with E-state index < -0.39 is 94.5 Å². The van der Waals surface area contributed by atoms with Crippen LogP contribution >= 0.6 is 0 Å². The third-order valence-electron chi connectivity index (χ3n) is 19.2. The lowest BCUT2D eigenvalue weighted by atomic mass is 10.0. The Balaban J connectivity index is 0.000000223. The zero-order valence-electron chi connectivity index (χ0n) is 56.4. The van der Waals surface area contributed by atoms with Crippen LogP contribution in [0.1, 0.15) is 168 Å². The van der Waals surface area contributed by atoms with Gasteiger partial charge in [-0.15, -0.1) is 0 Å². The molecule has 2 aromatic rings. The van der Waals surface area contributed by atoms with E-state index in [-0.39, 0.29) is 73.4 Å². The standard InChI is InChI=1S/C36H51N5O7.C35H49N5O7/c1-35(2,3)48-34(46)38-27-17-12-7-5-6-11-16-25-21-36(25,39-31(43)29-20-26(47-4)23-41(29)32(27)44)33(45)40-19-13-18-28(40)30(42)37-22-24-14-9-8-10-15-24;1-34(2,3)47-33(46)37-26-16-11-6-4-5-10-15-24-20-35(24,38-30(43)28-19-25(41)22-40(28)31(26)44)32(45)39-18-12-17-27(39)29(42)36-21-23-13-8-7-9-14-23/h8-11,14-16,25-29H,5-7,12-13,17-23H2,1-4H3,(H,37,42)(H,38,46)(H,39,43);7-10,13-15,24-28,41H,4-6,11-12,16-22H2,1-3H3,(H,36,42)(H,37,46)(H,38,43)/b16-11-;15-10-/t25-,26-,27+,28-,29+,36-;24-,25-,26+,27-,28+,35-/m11/s1. The second-order valence-electron chi connectivity index (χ2n) is 28.8. The van der Waals surface area contributed by atoms with Gasteiger partial charge in [-0.2, -0.15) is 0 Å². The molecule has 0 unspecified atom stereocenters. The number of hydrogen-bond acceptors (Lipinski definition) is 14. The number of benzene rings is 2. The minimum absolute atomic E-state index is 0.00966. The summed E-state index contributed by atoms with van der Waals surface area (Å²) in [6.07, 6.45) is 15.9. The van der Waals surface area contributed by atoms with Gasteiger partial charge in [-0.1, -0.05) is 111 Å². The average Bonchev–Trinajstić information content (AvgIpc) is 1.57. The molecule has 0 radical (unpaired) electrons. The van der Waals surface area contributed by atoms with Crippen molar-refractivity contribution in [1.82, 2.24) is 51.5 Å². The summed E-state index contributed by atoms with van der Waals surface area (Å²) >= 11 is 0. The Labute approximate surface area is 558 Å². The van der Waals surface area contributed by atoms with Crippen molar-refractivity contribution >= 4 is 59.4 Å². The van der Waals surface area contributed by atoms with E-state index in [2.05, 4.69) is 38.0 Å². The van der Waals surface area contributed by atoms with Crippen molar-refractivity contribution in [3.8, 4) is 0 Å². The van der Waals surface area contributed by atoms with Crippen molar-refractivity contribution in [1.29, 1.82) is 0 Å². The van der Waals surface area contributed by atoms with Gasteiger partial charge in [0.05, 0.1) is 12.2 Å². The minimum Gasteiger partial charge on any atom is -0.444 e. The quantitative estimate of drug-likeness (QED) is 0.132. The topological polar surface area (TPSA) is 304 Å². The summed E-state index contributed by atoms with van der Waals surface area (Å²) in [6.45, 7) is 12.1. The Morgan fingerprint density at radius 2 is 0.979 bits per heavy atom. The number of aliphatic hydroxyl groups is 1. The fraction of sp³-hybridized carbons (Fsp3) is 0.634. The second-order valence-corrected chi connectivity index (χ2v) is 28.8. The van der Waals surface area contributed by atoms with Crippen LogP contribution in [-0.2, 0) is 65.7 Å². The van der Waals surface area contributed by atoms with Gasteiger partial charge in [0, 0.05) is 71.1 Å². The average molecular weight is 1320 g/mol. The number of amides is 10. The number of allylic oxidation sites excluding steroid dienone is 2. The maximum atomic E-state index is 14.4. The van der Waals surface area contributed by atoms with Crippen LogP contribution in [0.2, 0.25) is 0 Å². The first kappa shape index (κ1) is 71.4. The van der Waals surface area contributed by atoms with E-state index in [9.17, 15) is 53.1 Å². The lowest BCUT2D eigenvalue weighted by Crippen LogP contribution is -2.59. The number of nitrogens with zero attached hydrogens (tertiary/aromatic N) is 4. The Kier molecular flexibility index (Phi) is 23.6. The Bertz CT molecular complexity index is 3150. The fourth-order valence-corrected chi connectivity index (χ4v) is 14.1. The lowest BCUT2D eigenvalue weighted by molar-refractivity contribution is -0.145. The number of methoxy groups -OCH3 is 1. The maximum Gasteiger partial charge on any atom is 0.408 e. The van der Waals surface area contributed by atoms with Crippen molar-refractivity contribution in [2.75, 3.05) is 33.3 Å². The Hall–Kier alpha value is -7.86. The molecule has 8 aliphatic rings. The first-order chi connectivity index (χ1) is 45.3. The summed E-state index contributed by atoms with van der Waals surface area (Å²) in [4.78, 5) is 143. The molecule has 6 aliphatic heterocycles. The number of hydrogen-bond donors (Lipinski definition) is 7. The molecule has 10 rings (SSSR count). The third kappa shape index (κ3) is 18.4. The van der Waals surface area contributed by atoms with Crippen molar-refractivity contribution in [2.45, 2.75) is 241 Å².